The number of anilines is 3. The van der Waals surface area contributed by atoms with E-state index in [-0.39, 0.29) is 67.4 Å². The van der Waals surface area contributed by atoms with Crippen LogP contribution in [0.2, 0.25) is 0 Å². The van der Waals surface area contributed by atoms with Gasteiger partial charge in [-0.05, 0) is 130 Å². The van der Waals surface area contributed by atoms with Crippen LogP contribution in [0.15, 0.2) is 67.0 Å². The van der Waals surface area contributed by atoms with Crippen molar-refractivity contribution >= 4 is 80.5 Å². The van der Waals surface area contributed by atoms with Gasteiger partial charge < -0.3 is 46.0 Å². The fraction of sp³-hybridized carbons (Fsp3) is 0.492. The summed E-state index contributed by atoms with van der Waals surface area (Å²) in [6.45, 7) is 10.1. The van der Waals surface area contributed by atoms with Crippen molar-refractivity contribution in [3.05, 3.63) is 89.8 Å². The molecule has 5 amide bonds. The molecule has 4 aliphatic heterocycles. The Morgan fingerprint density at radius 2 is 1.45 bits per heavy atom. The van der Waals surface area contributed by atoms with E-state index in [2.05, 4.69) is 57.6 Å². The number of nitrogens with zero attached hydrogens (tertiary/aromatic N) is 10. The average molecular weight is 1150 g/mol. The Morgan fingerprint density at radius 1 is 0.750 bits per heavy atom. The molecule has 0 radical (unpaired) electrons. The number of amides is 5. The number of rotatable bonds is 19. The molecule has 22 nitrogen and oxygen atoms in total. The second kappa shape index (κ2) is 26.5. The van der Waals surface area contributed by atoms with Gasteiger partial charge in [-0.3, -0.25) is 38.2 Å². The molecule has 10 rings (SSSR count). The molecule has 0 bridgehead atoms. The molecular formula is C61H75FN14O8. The van der Waals surface area contributed by atoms with E-state index in [4.69, 9.17) is 15.8 Å². The van der Waals surface area contributed by atoms with E-state index >= 15 is 4.39 Å². The number of likely N-dealkylation sites (tertiary alicyclic amines) is 3. The molecule has 0 atom stereocenters. The molecule has 3 aromatic heterocycles. The van der Waals surface area contributed by atoms with Crippen LogP contribution >= 0.6 is 0 Å². The first-order chi connectivity index (χ1) is 40.6. The topological polar surface area (TPSA) is 265 Å². The molecule has 0 unspecified atom stereocenters. The minimum atomic E-state index is -0.636. The second-order valence-corrected chi connectivity index (χ2v) is 23.0. The zero-order chi connectivity index (χ0) is 59.0. The van der Waals surface area contributed by atoms with Crippen LogP contribution in [0.5, 0.6) is 0 Å². The van der Waals surface area contributed by atoms with E-state index in [1.807, 2.05) is 30.9 Å². The third-order valence-electron chi connectivity index (χ3n) is 17.0. The molecule has 4 aliphatic rings. The molecule has 23 heteroatoms. The maximum absolute atomic E-state index is 16.1. The molecule has 5 N–H and O–H groups in total. The van der Waals surface area contributed by atoms with Crippen molar-refractivity contribution in [1.29, 1.82) is 0 Å². The Hall–Kier alpha value is -8.34. The summed E-state index contributed by atoms with van der Waals surface area (Å²) >= 11 is 0. The number of carbonyl (C=O) groups is 7. The van der Waals surface area contributed by atoms with Crippen LogP contribution in [-0.4, -0.2) is 165 Å². The summed E-state index contributed by atoms with van der Waals surface area (Å²) in [5.74, 6) is -1.36. The van der Waals surface area contributed by atoms with Gasteiger partial charge in [0.05, 0.1) is 42.8 Å². The third kappa shape index (κ3) is 13.7. The number of hydrogen-bond donors (Lipinski definition) is 4. The van der Waals surface area contributed by atoms with E-state index in [0.29, 0.717) is 63.8 Å². The molecule has 0 saturated carbocycles. The minimum Gasteiger partial charge on any atom is -0.468 e. The van der Waals surface area contributed by atoms with Crippen molar-refractivity contribution in [2.75, 3.05) is 89.3 Å². The van der Waals surface area contributed by atoms with Crippen LogP contribution in [0, 0.1) is 17.7 Å². The van der Waals surface area contributed by atoms with Crippen molar-refractivity contribution in [3.63, 3.8) is 0 Å². The lowest BCUT2D eigenvalue weighted by molar-refractivity contribution is -0.141. The van der Waals surface area contributed by atoms with Gasteiger partial charge in [-0.2, -0.15) is 10.2 Å². The van der Waals surface area contributed by atoms with Crippen LogP contribution < -0.4 is 26.6 Å². The highest BCUT2D eigenvalue weighted by molar-refractivity contribution is 6.01. The molecule has 4 fully saturated rings. The maximum atomic E-state index is 16.1. The molecule has 6 aromatic rings. The van der Waals surface area contributed by atoms with E-state index in [1.54, 1.807) is 30.5 Å². The second-order valence-electron chi connectivity index (χ2n) is 23.0. The number of nitrogens with one attached hydrogen (secondary N) is 3. The summed E-state index contributed by atoms with van der Waals surface area (Å²) < 4.78 is 23.4. The van der Waals surface area contributed by atoms with Crippen molar-refractivity contribution < 1.29 is 42.7 Å². The Balaban J connectivity index is 0.660. The number of methoxy groups -OCH3 is 1. The summed E-state index contributed by atoms with van der Waals surface area (Å²) in [5.41, 5.74) is 10.1. The molecule has 0 spiro atoms. The van der Waals surface area contributed by atoms with Crippen LogP contribution in [0.1, 0.15) is 123 Å². The van der Waals surface area contributed by atoms with Crippen LogP contribution in [0.3, 0.4) is 0 Å². The Bertz CT molecular complexity index is 3410. The van der Waals surface area contributed by atoms with Gasteiger partial charge in [-0.1, -0.05) is 38.1 Å². The Kier molecular flexibility index (Phi) is 18.6. The number of ether oxygens (including phenoxy) is 1. The Morgan fingerprint density at radius 3 is 2.15 bits per heavy atom. The predicted molar refractivity (Wildman–Crippen MR) is 314 cm³/mol. The monoisotopic (exact) mass is 1150 g/mol. The number of benzene rings is 3. The fourth-order valence-corrected chi connectivity index (χ4v) is 12.3. The van der Waals surface area contributed by atoms with E-state index < -0.39 is 35.4 Å². The Labute approximate surface area is 487 Å². The first kappa shape index (κ1) is 58.8. The highest BCUT2D eigenvalue weighted by atomic mass is 19.1. The summed E-state index contributed by atoms with van der Waals surface area (Å²) in [7, 11) is 1.20. The minimum absolute atomic E-state index is 0.0116. The SMILES string of the molecule is COC(=O)CNC(=O)CNC(=O)Cn1nc(C(C)C)c2c(-c3cc4c(cnn4C(=O)CCC(=O)N4CCC(CN5CCC(C(=O)N6CCC(c7ccc(Nc8nc(N9CCCCC9)cnc8C(N)=O)cc7)CC6)CC5)CC4)cc3F)cccc21. The largest absolute Gasteiger partial charge is 0.468 e. The number of hydrogen-bond acceptors (Lipinski definition) is 15. The van der Waals surface area contributed by atoms with Gasteiger partial charge in [0.25, 0.3) is 5.91 Å². The lowest BCUT2D eigenvalue weighted by atomic mass is 9.87. The zero-order valence-corrected chi connectivity index (χ0v) is 48.1. The van der Waals surface area contributed by atoms with Gasteiger partial charge in [0.2, 0.25) is 29.5 Å². The number of halogens is 1. The van der Waals surface area contributed by atoms with Gasteiger partial charge in [-0.15, -0.1) is 0 Å². The molecular weight excluding hydrogens is 1080 g/mol. The predicted octanol–water partition coefficient (Wildman–Crippen LogP) is 6.12. The van der Waals surface area contributed by atoms with Crippen molar-refractivity contribution in [2.24, 2.45) is 17.6 Å². The van der Waals surface area contributed by atoms with Crippen LogP contribution in [-0.2, 0) is 35.3 Å². The first-order valence-corrected chi connectivity index (χ1v) is 29.5. The third-order valence-corrected chi connectivity index (χ3v) is 17.0. The van der Waals surface area contributed by atoms with E-state index in [0.717, 1.165) is 109 Å². The number of esters is 1. The van der Waals surface area contributed by atoms with Crippen molar-refractivity contribution in [2.45, 2.75) is 103 Å². The number of fused-ring (bicyclic) bond motifs is 2. The van der Waals surface area contributed by atoms with Gasteiger partial charge in [0.15, 0.2) is 11.5 Å². The van der Waals surface area contributed by atoms with E-state index in [9.17, 15) is 33.6 Å². The van der Waals surface area contributed by atoms with Gasteiger partial charge in [0.1, 0.15) is 24.7 Å². The molecule has 3 aromatic carbocycles. The van der Waals surface area contributed by atoms with Crippen LogP contribution in [0.4, 0.5) is 21.7 Å². The lowest BCUT2D eigenvalue weighted by Crippen LogP contribution is -2.47. The van der Waals surface area contributed by atoms with E-state index in [1.165, 1.54) is 40.7 Å². The lowest BCUT2D eigenvalue weighted by Gasteiger charge is -2.39. The normalized spacial score (nSPS) is 16.8. The smallest absolute Gasteiger partial charge is 0.325 e. The van der Waals surface area contributed by atoms with Gasteiger partial charge >= 0.3 is 5.97 Å². The van der Waals surface area contributed by atoms with Crippen molar-refractivity contribution in [1.82, 2.24) is 54.9 Å². The summed E-state index contributed by atoms with van der Waals surface area (Å²) in [6, 6.07) is 16.4. The summed E-state index contributed by atoms with van der Waals surface area (Å²) in [6.07, 6.45) is 11.5. The number of aromatic nitrogens is 6. The first-order valence-electron chi connectivity index (χ1n) is 29.5. The number of primary amides is 1. The number of nitrogens with two attached hydrogens (primary N) is 1. The summed E-state index contributed by atoms with van der Waals surface area (Å²) in [4.78, 5) is 108. The number of carbonyl (C=O) groups excluding carboxylic acids is 7. The maximum Gasteiger partial charge on any atom is 0.325 e. The zero-order valence-electron chi connectivity index (χ0n) is 48.1. The highest BCUT2D eigenvalue weighted by Crippen LogP contribution is 2.38. The quantitative estimate of drug-likeness (QED) is 0.0666. The molecule has 0 aliphatic carbocycles. The summed E-state index contributed by atoms with van der Waals surface area (Å²) in [5, 5.41) is 18.3. The molecule has 444 valence electrons. The molecule has 4 saturated heterocycles. The van der Waals surface area contributed by atoms with Crippen molar-refractivity contribution in [3.8, 4) is 11.1 Å². The number of piperidine rings is 4. The standard InChI is InChI=1S/C61H75FN14O8/c1-38(2)57-56-45(8-7-9-48(56)75(70-57)37-52(78)64-34-51(77)65-35-55(81)84-3)46-31-49-43(30-47(46)62)32-67-76(49)54(80)15-14-53(79)73-26-16-39(17-27-73)36-71-24-18-42(19-25-71)61(83)74-28-20-41(21-29-74)40-10-12-44(13-11-40)68-60-58(59(63)82)66-33-50(69-60)72-22-5-4-6-23-72/h7-13,30-33,38-39,41-42H,4-6,14-29,34-37H2,1-3H3,(H2,63,82)(H,64,78)(H,65,77)(H,68,69). The van der Waals surface area contributed by atoms with Crippen LogP contribution in [0.25, 0.3) is 32.9 Å². The fourth-order valence-electron chi connectivity index (χ4n) is 12.3. The van der Waals surface area contributed by atoms with Gasteiger partial charge in [0, 0.05) is 86.6 Å². The van der Waals surface area contributed by atoms with Gasteiger partial charge in [-0.25, -0.2) is 19.0 Å². The highest BCUT2D eigenvalue weighted by Gasteiger charge is 2.33. The molecule has 7 heterocycles. The average Bonchev–Trinajstić information content (AvgIpc) is 2.41. The molecule has 84 heavy (non-hydrogen) atoms.